The molecule has 2 amide bonds. The number of nitrogens with one attached hydrogen (secondary N) is 3. The Morgan fingerprint density at radius 3 is 2.69 bits per heavy atom. The number of nitrogens with zero attached hydrogens (tertiary/aromatic N) is 1. The number of aromatic nitrogens is 2. The first kappa shape index (κ1) is 17.7. The summed E-state index contributed by atoms with van der Waals surface area (Å²) >= 11 is 0. The van der Waals surface area contributed by atoms with Gasteiger partial charge in [0.05, 0.1) is 6.04 Å². The molecule has 0 aliphatic carbocycles. The fourth-order valence-electron chi connectivity index (χ4n) is 3.00. The SMILES string of the molecule is CC(=O)NC(Cc1c[nH]c2ccccc12)C(=O)NC(C)c1cccnc1. The molecule has 0 spiro atoms. The van der Waals surface area contributed by atoms with Gasteiger partial charge in [0.1, 0.15) is 6.04 Å². The van der Waals surface area contributed by atoms with E-state index in [1.807, 2.05) is 49.5 Å². The molecular weight excluding hydrogens is 328 g/mol. The molecule has 2 heterocycles. The summed E-state index contributed by atoms with van der Waals surface area (Å²) in [5.41, 5.74) is 2.91. The van der Waals surface area contributed by atoms with Crippen LogP contribution >= 0.6 is 0 Å². The molecule has 6 heteroatoms. The molecule has 2 unspecified atom stereocenters. The lowest BCUT2D eigenvalue weighted by Crippen LogP contribution is -2.47. The first-order chi connectivity index (χ1) is 12.5. The molecule has 1 aromatic carbocycles. The number of carbonyl (C=O) groups excluding carboxylic acids is 2. The number of hydrogen-bond donors (Lipinski definition) is 3. The van der Waals surface area contributed by atoms with E-state index in [1.165, 1.54) is 6.92 Å². The van der Waals surface area contributed by atoms with Gasteiger partial charge >= 0.3 is 0 Å². The summed E-state index contributed by atoms with van der Waals surface area (Å²) in [6, 6.07) is 10.8. The molecule has 0 fully saturated rings. The van der Waals surface area contributed by atoms with Crippen molar-refractivity contribution >= 4 is 22.7 Å². The highest BCUT2D eigenvalue weighted by atomic mass is 16.2. The van der Waals surface area contributed by atoms with Crippen molar-refractivity contribution in [2.24, 2.45) is 0 Å². The second kappa shape index (κ2) is 7.82. The van der Waals surface area contributed by atoms with Crippen LogP contribution in [0.4, 0.5) is 0 Å². The average Bonchev–Trinajstić information content (AvgIpc) is 3.04. The average molecular weight is 350 g/mol. The Kier molecular flexibility index (Phi) is 5.31. The van der Waals surface area contributed by atoms with Gasteiger partial charge in [0.25, 0.3) is 0 Å². The minimum Gasteiger partial charge on any atom is -0.361 e. The van der Waals surface area contributed by atoms with E-state index in [0.29, 0.717) is 6.42 Å². The molecule has 0 saturated carbocycles. The quantitative estimate of drug-likeness (QED) is 0.638. The Balaban J connectivity index is 1.77. The molecule has 0 bridgehead atoms. The van der Waals surface area contributed by atoms with Gasteiger partial charge in [0, 0.05) is 42.8 Å². The van der Waals surface area contributed by atoms with E-state index in [-0.39, 0.29) is 17.9 Å². The van der Waals surface area contributed by atoms with Gasteiger partial charge in [-0.05, 0) is 30.2 Å². The van der Waals surface area contributed by atoms with Crippen molar-refractivity contribution in [1.29, 1.82) is 0 Å². The van der Waals surface area contributed by atoms with Gasteiger partial charge in [0.2, 0.25) is 11.8 Å². The third-order valence-electron chi connectivity index (χ3n) is 4.34. The van der Waals surface area contributed by atoms with E-state index < -0.39 is 6.04 Å². The van der Waals surface area contributed by atoms with Crippen LogP contribution < -0.4 is 10.6 Å². The van der Waals surface area contributed by atoms with E-state index in [1.54, 1.807) is 12.4 Å². The van der Waals surface area contributed by atoms with Gasteiger partial charge in [-0.2, -0.15) is 0 Å². The number of hydrogen-bond acceptors (Lipinski definition) is 3. The summed E-state index contributed by atoms with van der Waals surface area (Å²) in [5, 5.41) is 6.77. The number of aromatic amines is 1. The van der Waals surface area contributed by atoms with Crippen LogP contribution in [0.5, 0.6) is 0 Å². The van der Waals surface area contributed by atoms with Crippen molar-refractivity contribution in [1.82, 2.24) is 20.6 Å². The van der Waals surface area contributed by atoms with Crippen LogP contribution in [0.15, 0.2) is 55.0 Å². The third-order valence-corrected chi connectivity index (χ3v) is 4.34. The smallest absolute Gasteiger partial charge is 0.243 e. The van der Waals surface area contributed by atoms with Crippen LogP contribution in [0.1, 0.15) is 31.0 Å². The molecule has 3 rings (SSSR count). The van der Waals surface area contributed by atoms with Crippen molar-refractivity contribution in [2.45, 2.75) is 32.4 Å². The lowest BCUT2D eigenvalue weighted by molar-refractivity contribution is -0.128. The molecule has 134 valence electrons. The second-order valence-corrected chi connectivity index (χ2v) is 6.33. The molecule has 2 aromatic heterocycles. The number of amides is 2. The molecule has 6 nitrogen and oxygen atoms in total. The number of carbonyl (C=O) groups is 2. The number of benzene rings is 1. The predicted molar refractivity (Wildman–Crippen MR) is 100 cm³/mol. The summed E-state index contributed by atoms with van der Waals surface area (Å²) in [6.07, 6.45) is 5.71. The fourth-order valence-corrected chi connectivity index (χ4v) is 3.00. The number of rotatable bonds is 6. The molecule has 0 aliphatic heterocycles. The van der Waals surface area contributed by atoms with Gasteiger partial charge < -0.3 is 15.6 Å². The number of pyridine rings is 1. The lowest BCUT2D eigenvalue weighted by atomic mass is 10.0. The number of para-hydroxylation sites is 1. The Morgan fingerprint density at radius 2 is 1.96 bits per heavy atom. The zero-order chi connectivity index (χ0) is 18.5. The van der Waals surface area contributed by atoms with Crippen LogP contribution in [0, 0.1) is 0 Å². The van der Waals surface area contributed by atoms with Gasteiger partial charge in [-0.15, -0.1) is 0 Å². The normalized spacial score (nSPS) is 13.2. The van der Waals surface area contributed by atoms with Gasteiger partial charge in [-0.25, -0.2) is 0 Å². The molecule has 0 aliphatic rings. The summed E-state index contributed by atoms with van der Waals surface area (Å²) in [7, 11) is 0. The number of H-pyrrole nitrogens is 1. The molecule has 2 atom stereocenters. The van der Waals surface area contributed by atoms with Crippen molar-refractivity contribution < 1.29 is 9.59 Å². The zero-order valence-electron chi connectivity index (χ0n) is 14.8. The minimum absolute atomic E-state index is 0.199. The molecule has 26 heavy (non-hydrogen) atoms. The fraction of sp³-hybridized carbons (Fsp3) is 0.250. The second-order valence-electron chi connectivity index (χ2n) is 6.33. The van der Waals surface area contributed by atoms with Gasteiger partial charge in [-0.3, -0.25) is 14.6 Å². The zero-order valence-corrected chi connectivity index (χ0v) is 14.8. The highest BCUT2D eigenvalue weighted by Gasteiger charge is 2.23. The van der Waals surface area contributed by atoms with Crippen LogP contribution in [-0.2, 0) is 16.0 Å². The minimum atomic E-state index is -0.647. The number of fused-ring (bicyclic) bond motifs is 1. The van der Waals surface area contributed by atoms with E-state index in [4.69, 9.17) is 0 Å². The summed E-state index contributed by atoms with van der Waals surface area (Å²) in [5.74, 6) is -0.458. The summed E-state index contributed by atoms with van der Waals surface area (Å²) in [4.78, 5) is 31.6. The molecule has 0 saturated heterocycles. The first-order valence-electron chi connectivity index (χ1n) is 8.57. The van der Waals surface area contributed by atoms with E-state index in [9.17, 15) is 9.59 Å². The highest BCUT2D eigenvalue weighted by Crippen LogP contribution is 2.19. The topological polar surface area (TPSA) is 86.9 Å². The Labute approximate surface area is 152 Å². The van der Waals surface area contributed by atoms with Crippen LogP contribution in [-0.4, -0.2) is 27.8 Å². The molecule has 0 radical (unpaired) electrons. The van der Waals surface area contributed by atoms with E-state index in [2.05, 4.69) is 20.6 Å². The van der Waals surface area contributed by atoms with Crippen molar-refractivity contribution in [3.63, 3.8) is 0 Å². The van der Waals surface area contributed by atoms with E-state index in [0.717, 1.165) is 22.0 Å². The molecular formula is C20H22N4O2. The monoisotopic (exact) mass is 350 g/mol. The Bertz CT molecular complexity index is 904. The van der Waals surface area contributed by atoms with Gasteiger partial charge in [0.15, 0.2) is 0 Å². The molecule has 3 aromatic rings. The molecule has 3 N–H and O–H groups in total. The highest BCUT2D eigenvalue weighted by molar-refractivity contribution is 5.89. The Morgan fingerprint density at radius 1 is 1.15 bits per heavy atom. The van der Waals surface area contributed by atoms with Gasteiger partial charge in [-0.1, -0.05) is 24.3 Å². The van der Waals surface area contributed by atoms with E-state index >= 15 is 0 Å². The summed E-state index contributed by atoms with van der Waals surface area (Å²) < 4.78 is 0. The maximum absolute atomic E-state index is 12.8. The maximum atomic E-state index is 12.8. The van der Waals surface area contributed by atoms with Crippen LogP contribution in [0.3, 0.4) is 0 Å². The lowest BCUT2D eigenvalue weighted by Gasteiger charge is -2.21. The Hall–Kier alpha value is -3.15. The van der Waals surface area contributed by atoms with Crippen molar-refractivity contribution in [3.05, 3.63) is 66.1 Å². The maximum Gasteiger partial charge on any atom is 0.243 e. The largest absolute Gasteiger partial charge is 0.361 e. The van der Waals surface area contributed by atoms with Crippen molar-refractivity contribution in [3.8, 4) is 0 Å². The standard InChI is InChI=1S/C20H22N4O2/c1-13(15-6-5-9-21-11-15)23-20(26)19(24-14(2)25)10-16-12-22-18-8-4-3-7-17(16)18/h3-9,11-13,19,22H,10H2,1-2H3,(H,23,26)(H,24,25). The predicted octanol–water partition coefficient (Wildman–Crippen LogP) is 2.49. The third kappa shape index (κ3) is 4.08. The van der Waals surface area contributed by atoms with Crippen molar-refractivity contribution in [2.75, 3.05) is 0 Å². The van der Waals surface area contributed by atoms with Crippen LogP contribution in [0.25, 0.3) is 10.9 Å². The summed E-state index contributed by atoms with van der Waals surface area (Å²) in [6.45, 7) is 3.31. The first-order valence-corrected chi connectivity index (χ1v) is 8.57. The van der Waals surface area contributed by atoms with Crippen LogP contribution in [0.2, 0.25) is 0 Å².